The molecule has 0 fully saturated rings. The lowest BCUT2D eigenvalue weighted by Gasteiger charge is -2.10. The van der Waals surface area contributed by atoms with Gasteiger partial charge in [-0.25, -0.2) is 0 Å². The van der Waals surface area contributed by atoms with Gasteiger partial charge in [0.15, 0.2) is 0 Å². The highest BCUT2D eigenvalue weighted by Crippen LogP contribution is 2.32. The lowest BCUT2D eigenvalue weighted by atomic mass is 10.00. The van der Waals surface area contributed by atoms with Gasteiger partial charge in [-0.1, -0.05) is 48.2 Å². The number of benzene rings is 2. The molecule has 1 aliphatic rings. The zero-order valence-corrected chi connectivity index (χ0v) is 18.3. The van der Waals surface area contributed by atoms with Crippen molar-refractivity contribution in [1.29, 1.82) is 0 Å². The van der Waals surface area contributed by atoms with Gasteiger partial charge in [0.1, 0.15) is 0 Å². The standard InChI is InChI=1S/C23H25IS/c1-15(10-22-11-17(3)23(24)12-16(22)2)14-25-18(4)20-9-8-19-6-5-7-21(19)13-20/h8-9,11-14H,4-7,10H2,1-3H3/b15-14+. The number of fused-ring (bicyclic) bond motifs is 1. The molecule has 2 aromatic rings. The first-order valence-corrected chi connectivity index (χ1v) is 10.8. The van der Waals surface area contributed by atoms with Crippen LogP contribution in [0, 0.1) is 17.4 Å². The Kier molecular flexibility index (Phi) is 6.11. The maximum absolute atomic E-state index is 4.29. The highest BCUT2D eigenvalue weighted by molar-refractivity contribution is 14.1. The molecule has 0 spiro atoms. The molecular formula is C23H25IS. The first-order chi connectivity index (χ1) is 11.9. The summed E-state index contributed by atoms with van der Waals surface area (Å²) in [7, 11) is 0. The van der Waals surface area contributed by atoms with Gasteiger partial charge in [-0.15, -0.1) is 0 Å². The number of hydrogen-bond acceptors (Lipinski definition) is 1. The second-order valence-corrected chi connectivity index (χ2v) is 9.17. The van der Waals surface area contributed by atoms with Crippen molar-refractivity contribution in [3.63, 3.8) is 0 Å². The molecule has 0 aliphatic heterocycles. The van der Waals surface area contributed by atoms with Gasteiger partial charge in [0.05, 0.1) is 0 Å². The molecule has 0 atom stereocenters. The van der Waals surface area contributed by atoms with Crippen LogP contribution in [-0.4, -0.2) is 0 Å². The average Bonchev–Trinajstić information content (AvgIpc) is 3.05. The van der Waals surface area contributed by atoms with Gasteiger partial charge in [-0.2, -0.15) is 0 Å². The van der Waals surface area contributed by atoms with Gasteiger partial charge in [0, 0.05) is 8.48 Å². The zero-order chi connectivity index (χ0) is 18.0. The smallest absolute Gasteiger partial charge is 0.0162 e. The van der Waals surface area contributed by atoms with E-state index in [1.807, 2.05) is 0 Å². The average molecular weight is 460 g/mol. The van der Waals surface area contributed by atoms with E-state index < -0.39 is 0 Å². The van der Waals surface area contributed by atoms with E-state index in [9.17, 15) is 0 Å². The summed E-state index contributed by atoms with van der Waals surface area (Å²) in [5.41, 5.74) is 9.87. The summed E-state index contributed by atoms with van der Waals surface area (Å²) in [5.74, 6) is 0. The molecule has 0 unspecified atom stereocenters. The highest BCUT2D eigenvalue weighted by atomic mass is 127. The Morgan fingerprint density at radius 1 is 1.12 bits per heavy atom. The summed E-state index contributed by atoms with van der Waals surface area (Å²) in [6, 6.07) is 11.5. The molecule has 0 nitrogen and oxygen atoms in total. The number of halogens is 1. The van der Waals surface area contributed by atoms with E-state index >= 15 is 0 Å². The van der Waals surface area contributed by atoms with E-state index in [-0.39, 0.29) is 0 Å². The zero-order valence-electron chi connectivity index (χ0n) is 15.3. The third-order valence-corrected chi connectivity index (χ3v) is 7.11. The molecule has 25 heavy (non-hydrogen) atoms. The Balaban J connectivity index is 1.67. The molecule has 0 amide bonds. The largest absolute Gasteiger partial charge is 0.0981 e. The van der Waals surface area contributed by atoms with Crippen LogP contribution in [0.15, 0.2) is 47.9 Å². The normalized spacial score (nSPS) is 13.8. The Morgan fingerprint density at radius 3 is 2.68 bits per heavy atom. The van der Waals surface area contributed by atoms with Gasteiger partial charge >= 0.3 is 0 Å². The monoisotopic (exact) mass is 460 g/mol. The van der Waals surface area contributed by atoms with Crippen LogP contribution in [0.1, 0.15) is 46.7 Å². The summed E-state index contributed by atoms with van der Waals surface area (Å²) in [6.45, 7) is 10.9. The fraction of sp³-hybridized carbons (Fsp3) is 0.304. The van der Waals surface area contributed by atoms with Gasteiger partial charge in [0.25, 0.3) is 0 Å². The van der Waals surface area contributed by atoms with Crippen molar-refractivity contribution in [3.8, 4) is 0 Å². The second-order valence-electron chi connectivity index (χ2n) is 7.05. The molecule has 0 N–H and O–H groups in total. The van der Waals surface area contributed by atoms with Gasteiger partial charge in [0.2, 0.25) is 0 Å². The molecule has 1 aliphatic carbocycles. The summed E-state index contributed by atoms with van der Waals surface area (Å²) < 4.78 is 1.35. The highest BCUT2D eigenvalue weighted by Gasteiger charge is 2.11. The van der Waals surface area contributed by atoms with Crippen molar-refractivity contribution in [2.45, 2.75) is 46.5 Å². The Hall–Kier alpha value is -1.00. The number of hydrogen-bond donors (Lipinski definition) is 0. The molecule has 0 bridgehead atoms. The van der Waals surface area contributed by atoms with Crippen molar-refractivity contribution in [1.82, 2.24) is 0 Å². The van der Waals surface area contributed by atoms with Crippen LogP contribution in [0.4, 0.5) is 0 Å². The fourth-order valence-corrected chi connectivity index (χ4v) is 4.67. The Labute approximate surface area is 170 Å². The van der Waals surface area contributed by atoms with Gasteiger partial charge < -0.3 is 0 Å². The topological polar surface area (TPSA) is 0 Å². The van der Waals surface area contributed by atoms with Crippen molar-refractivity contribution in [2.24, 2.45) is 0 Å². The molecule has 2 heteroatoms. The summed E-state index contributed by atoms with van der Waals surface area (Å²) in [5, 5.41) is 2.27. The number of rotatable bonds is 5. The fourth-order valence-electron chi connectivity index (χ4n) is 3.36. The van der Waals surface area contributed by atoms with E-state index in [1.54, 1.807) is 11.8 Å². The molecule has 0 radical (unpaired) electrons. The van der Waals surface area contributed by atoms with E-state index in [1.165, 1.54) is 61.8 Å². The van der Waals surface area contributed by atoms with Crippen LogP contribution < -0.4 is 0 Å². The van der Waals surface area contributed by atoms with Crippen molar-refractivity contribution >= 4 is 39.3 Å². The summed E-state index contributed by atoms with van der Waals surface area (Å²) in [4.78, 5) is 1.14. The van der Waals surface area contributed by atoms with E-state index in [2.05, 4.69) is 85.7 Å². The Morgan fingerprint density at radius 2 is 1.88 bits per heavy atom. The number of thioether (sulfide) groups is 1. The molecule has 0 saturated heterocycles. The lowest BCUT2D eigenvalue weighted by Crippen LogP contribution is -1.94. The SMILES string of the molecule is C=C(S/C=C(\C)Cc1cc(C)c(I)cc1C)c1ccc2c(c1)CCC2. The van der Waals surface area contributed by atoms with Crippen LogP contribution in [0.25, 0.3) is 4.91 Å². The molecule has 0 aromatic heterocycles. The predicted molar refractivity (Wildman–Crippen MR) is 121 cm³/mol. The van der Waals surface area contributed by atoms with E-state index in [0.29, 0.717) is 0 Å². The molecule has 2 aromatic carbocycles. The minimum Gasteiger partial charge on any atom is -0.0981 e. The maximum Gasteiger partial charge on any atom is 0.0162 e. The van der Waals surface area contributed by atoms with Crippen molar-refractivity contribution < 1.29 is 0 Å². The van der Waals surface area contributed by atoms with Crippen LogP contribution in [0.3, 0.4) is 0 Å². The second kappa shape index (κ2) is 8.13. The minimum absolute atomic E-state index is 1.01. The third kappa shape index (κ3) is 4.59. The van der Waals surface area contributed by atoms with Gasteiger partial charge in [-0.3, -0.25) is 0 Å². The summed E-state index contributed by atoms with van der Waals surface area (Å²) in [6.07, 6.45) is 4.77. The maximum atomic E-state index is 4.29. The van der Waals surface area contributed by atoms with Gasteiger partial charge in [-0.05, 0) is 114 Å². The molecule has 0 heterocycles. The molecule has 0 saturated carbocycles. The first-order valence-electron chi connectivity index (χ1n) is 8.83. The van der Waals surface area contributed by atoms with E-state index in [0.717, 1.165) is 11.3 Å². The molecule has 3 rings (SSSR count). The van der Waals surface area contributed by atoms with Crippen LogP contribution in [0.2, 0.25) is 0 Å². The van der Waals surface area contributed by atoms with Crippen LogP contribution in [-0.2, 0) is 19.3 Å². The summed E-state index contributed by atoms with van der Waals surface area (Å²) >= 11 is 4.17. The van der Waals surface area contributed by atoms with Crippen LogP contribution in [0.5, 0.6) is 0 Å². The molecular weight excluding hydrogens is 435 g/mol. The third-order valence-electron chi connectivity index (χ3n) is 4.91. The predicted octanol–water partition coefficient (Wildman–Crippen LogP) is 7.25. The van der Waals surface area contributed by atoms with Crippen molar-refractivity contribution in [3.05, 3.63) is 84.8 Å². The Bertz CT molecular complexity index is 845. The van der Waals surface area contributed by atoms with Crippen LogP contribution >= 0.6 is 34.4 Å². The lowest BCUT2D eigenvalue weighted by molar-refractivity contribution is 0.912. The number of aryl methyl sites for hydroxylation is 4. The minimum atomic E-state index is 1.01. The van der Waals surface area contributed by atoms with Crippen molar-refractivity contribution in [2.75, 3.05) is 0 Å². The van der Waals surface area contributed by atoms with E-state index in [4.69, 9.17) is 0 Å². The number of allylic oxidation sites excluding steroid dienone is 1. The molecule has 130 valence electrons. The quantitative estimate of drug-likeness (QED) is 0.424. The first kappa shape index (κ1) is 18.8.